The first-order valence-electron chi connectivity index (χ1n) is 7.29. The van der Waals surface area contributed by atoms with Gasteiger partial charge in [0.15, 0.2) is 6.61 Å². The number of alkyl halides is 3. The molecule has 0 radical (unpaired) electrons. The molecule has 24 heavy (non-hydrogen) atoms. The zero-order chi connectivity index (χ0) is 17.6. The average molecular weight is 338 g/mol. The van der Waals surface area contributed by atoms with Crippen molar-refractivity contribution in [2.24, 2.45) is 0 Å². The first-order valence-corrected chi connectivity index (χ1v) is 7.29. The second-order valence-electron chi connectivity index (χ2n) is 5.31. The summed E-state index contributed by atoms with van der Waals surface area (Å²) in [5, 5.41) is 2.66. The van der Waals surface area contributed by atoms with Gasteiger partial charge in [0.05, 0.1) is 6.42 Å². The number of amides is 1. The highest BCUT2D eigenvalue weighted by atomic mass is 19.4. The maximum atomic E-state index is 12.2. The predicted octanol–water partition coefficient (Wildman–Crippen LogP) is 3.19. The van der Waals surface area contributed by atoms with E-state index in [0.29, 0.717) is 5.56 Å². The van der Waals surface area contributed by atoms with Crippen molar-refractivity contribution in [3.05, 3.63) is 59.3 Å². The van der Waals surface area contributed by atoms with Crippen molar-refractivity contribution < 1.29 is 22.7 Å². The normalized spacial score (nSPS) is 11.2. The molecule has 0 saturated heterocycles. The number of halogens is 3. The summed E-state index contributed by atoms with van der Waals surface area (Å²) in [6.07, 6.45) is -2.91. The van der Waals surface area contributed by atoms with Gasteiger partial charge >= 0.3 is 6.18 Å². The fourth-order valence-electron chi connectivity index (χ4n) is 1.99. The smallest absolute Gasteiger partial charge is 0.422 e. The number of nitrogens with one attached hydrogen (secondary N) is 1. The molecule has 2 aromatic rings. The van der Waals surface area contributed by atoms with Gasteiger partial charge in [-0.15, -0.1) is 0 Å². The number of nitrogens with zero attached hydrogens (tertiary/aromatic N) is 1. The van der Waals surface area contributed by atoms with Crippen LogP contribution < -0.4 is 10.1 Å². The van der Waals surface area contributed by atoms with E-state index in [2.05, 4.69) is 15.0 Å². The van der Waals surface area contributed by atoms with Gasteiger partial charge in [0.1, 0.15) is 0 Å². The molecule has 0 aliphatic rings. The maximum absolute atomic E-state index is 12.2. The van der Waals surface area contributed by atoms with Crippen LogP contribution >= 0.6 is 0 Å². The predicted molar refractivity (Wildman–Crippen MR) is 82.5 cm³/mol. The van der Waals surface area contributed by atoms with Crippen LogP contribution in [0.5, 0.6) is 5.88 Å². The van der Waals surface area contributed by atoms with E-state index in [1.807, 2.05) is 31.2 Å². The first-order chi connectivity index (χ1) is 11.3. The number of benzene rings is 1. The van der Waals surface area contributed by atoms with Gasteiger partial charge in [-0.25, -0.2) is 4.98 Å². The summed E-state index contributed by atoms with van der Waals surface area (Å²) in [7, 11) is 0. The van der Waals surface area contributed by atoms with Crippen LogP contribution in [0.3, 0.4) is 0 Å². The number of ether oxygens (including phenoxy) is 1. The molecule has 4 nitrogen and oxygen atoms in total. The van der Waals surface area contributed by atoms with Gasteiger partial charge in [-0.3, -0.25) is 4.79 Å². The van der Waals surface area contributed by atoms with Crippen LogP contribution in [0.2, 0.25) is 0 Å². The highest BCUT2D eigenvalue weighted by molar-refractivity contribution is 5.78. The Hall–Kier alpha value is -2.57. The van der Waals surface area contributed by atoms with Gasteiger partial charge in [0.2, 0.25) is 11.8 Å². The Morgan fingerprint density at radius 1 is 1.21 bits per heavy atom. The quantitative estimate of drug-likeness (QED) is 0.880. The molecule has 1 aromatic heterocycles. The fourth-order valence-corrected chi connectivity index (χ4v) is 1.99. The molecule has 128 valence electrons. The molecule has 0 bridgehead atoms. The number of carbonyl (C=O) groups is 1. The SMILES string of the molecule is Cc1ccc(CC(=O)NCc2cccnc2OCC(F)(F)F)cc1. The van der Waals surface area contributed by atoms with E-state index >= 15 is 0 Å². The number of hydrogen-bond acceptors (Lipinski definition) is 3. The van der Waals surface area contributed by atoms with E-state index in [1.165, 1.54) is 6.20 Å². The number of pyridine rings is 1. The molecule has 0 aliphatic heterocycles. The van der Waals surface area contributed by atoms with Crippen LogP contribution in [-0.2, 0) is 17.8 Å². The molecule has 1 heterocycles. The van der Waals surface area contributed by atoms with Gasteiger partial charge in [-0.1, -0.05) is 35.9 Å². The molecule has 0 spiro atoms. The second kappa shape index (κ2) is 7.81. The Labute approximate surface area is 137 Å². The van der Waals surface area contributed by atoms with E-state index < -0.39 is 12.8 Å². The minimum atomic E-state index is -4.44. The van der Waals surface area contributed by atoms with Crippen molar-refractivity contribution in [1.82, 2.24) is 10.3 Å². The molecule has 0 unspecified atom stereocenters. The van der Waals surface area contributed by atoms with E-state index in [9.17, 15) is 18.0 Å². The van der Waals surface area contributed by atoms with Crippen molar-refractivity contribution in [1.29, 1.82) is 0 Å². The molecular formula is C17H17F3N2O2. The summed E-state index contributed by atoms with van der Waals surface area (Å²) >= 11 is 0. The molecule has 0 saturated carbocycles. The minimum Gasteiger partial charge on any atom is -0.468 e. The topological polar surface area (TPSA) is 51.2 Å². The third kappa shape index (κ3) is 5.91. The van der Waals surface area contributed by atoms with Gasteiger partial charge in [-0.2, -0.15) is 13.2 Å². The van der Waals surface area contributed by atoms with Crippen LogP contribution in [0.4, 0.5) is 13.2 Å². The number of rotatable bonds is 6. The average Bonchev–Trinajstić information content (AvgIpc) is 2.53. The van der Waals surface area contributed by atoms with E-state index in [4.69, 9.17) is 0 Å². The largest absolute Gasteiger partial charge is 0.468 e. The monoisotopic (exact) mass is 338 g/mol. The van der Waals surface area contributed by atoms with Crippen LogP contribution in [0, 0.1) is 6.92 Å². The summed E-state index contributed by atoms with van der Waals surface area (Å²) in [6.45, 7) is 0.578. The van der Waals surface area contributed by atoms with Gasteiger partial charge in [0.25, 0.3) is 0 Å². The Morgan fingerprint density at radius 3 is 2.58 bits per heavy atom. The van der Waals surface area contributed by atoms with Crippen molar-refractivity contribution >= 4 is 5.91 Å². The lowest BCUT2D eigenvalue weighted by Crippen LogP contribution is -2.25. The van der Waals surface area contributed by atoms with E-state index in [1.54, 1.807) is 12.1 Å². The Morgan fingerprint density at radius 2 is 1.92 bits per heavy atom. The maximum Gasteiger partial charge on any atom is 0.422 e. The molecule has 0 aliphatic carbocycles. The van der Waals surface area contributed by atoms with Crippen LogP contribution in [0.15, 0.2) is 42.6 Å². The molecule has 1 amide bonds. The summed E-state index contributed by atoms with van der Waals surface area (Å²) in [5.41, 5.74) is 2.35. The number of carbonyl (C=O) groups excluding carboxylic acids is 1. The molecule has 2 rings (SSSR count). The molecular weight excluding hydrogens is 321 g/mol. The Kier molecular flexibility index (Phi) is 5.78. The van der Waals surface area contributed by atoms with E-state index in [0.717, 1.165) is 11.1 Å². The summed E-state index contributed by atoms with van der Waals surface area (Å²) < 4.78 is 41.4. The lowest BCUT2D eigenvalue weighted by molar-refractivity contribution is -0.154. The Balaban J connectivity index is 1.91. The lowest BCUT2D eigenvalue weighted by atomic mass is 10.1. The van der Waals surface area contributed by atoms with Crippen molar-refractivity contribution in [2.75, 3.05) is 6.61 Å². The summed E-state index contributed by atoms with van der Waals surface area (Å²) in [6, 6.07) is 10.7. The van der Waals surface area contributed by atoms with Crippen LogP contribution in [-0.4, -0.2) is 23.7 Å². The zero-order valence-corrected chi connectivity index (χ0v) is 13.1. The second-order valence-corrected chi connectivity index (χ2v) is 5.31. The van der Waals surface area contributed by atoms with Crippen molar-refractivity contribution in [3.8, 4) is 5.88 Å². The van der Waals surface area contributed by atoms with Crippen molar-refractivity contribution in [3.63, 3.8) is 0 Å². The fraction of sp³-hybridized carbons (Fsp3) is 0.294. The standard InChI is InChI=1S/C17H17F3N2O2/c1-12-4-6-13(7-5-12)9-15(23)22-10-14-3-2-8-21-16(14)24-11-17(18,19)20/h2-8H,9-11H2,1H3,(H,22,23). The van der Waals surface area contributed by atoms with E-state index in [-0.39, 0.29) is 24.8 Å². The Bertz CT molecular complexity index is 685. The third-order valence-corrected chi connectivity index (χ3v) is 3.18. The lowest BCUT2D eigenvalue weighted by Gasteiger charge is -2.12. The number of aromatic nitrogens is 1. The minimum absolute atomic E-state index is 0.0473. The highest BCUT2D eigenvalue weighted by Crippen LogP contribution is 2.19. The van der Waals surface area contributed by atoms with Crippen LogP contribution in [0.25, 0.3) is 0 Å². The van der Waals surface area contributed by atoms with Gasteiger partial charge in [0, 0.05) is 18.3 Å². The van der Waals surface area contributed by atoms with Crippen molar-refractivity contribution in [2.45, 2.75) is 26.1 Å². The molecule has 1 N–H and O–H groups in total. The summed E-state index contributed by atoms with van der Waals surface area (Å²) in [5.74, 6) is -0.366. The third-order valence-electron chi connectivity index (χ3n) is 3.18. The molecule has 7 heteroatoms. The summed E-state index contributed by atoms with van der Waals surface area (Å²) in [4.78, 5) is 15.7. The molecule has 1 aromatic carbocycles. The first kappa shape index (κ1) is 17.8. The van der Waals surface area contributed by atoms with Crippen LogP contribution in [0.1, 0.15) is 16.7 Å². The number of aryl methyl sites for hydroxylation is 1. The highest BCUT2D eigenvalue weighted by Gasteiger charge is 2.29. The zero-order valence-electron chi connectivity index (χ0n) is 13.1. The van der Waals surface area contributed by atoms with Gasteiger partial charge < -0.3 is 10.1 Å². The number of hydrogen-bond donors (Lipinski definition) is 1. The molecule has 0 fully saturated rings. The molecule has 0 atom stereocenters. The van der Waals surface area contributed by atoms with Gasteiger partial charge in [-0.05, 0) is 18.6 Å².